The molecule has 0 saturated heterocycles. The summed E-state index contributed by atoms with van der Waals surface area (Å²) in [5.41, 5.74) is 6.70. The Labute approximate surface area is 221 Å². The first kappa shape index (κ1) is 26.1. The fourth-order valence-corrected chi connectivity index (χ4v) is 6.64. The molecule has 5 nitrogen and oxygen atoms in total. The van der Waals surface area contributed by atoms with E-state index in [4.69, 9.17) is 9.72 Å². The summed E-state index contributed by atoms with van der Waals surface area (Å²) in [5.74, 6) is 0.265. The molecular weight excluding hydrogens is 486 g/mol. The Morgan fingerprint density at radius 3 is 2.75 bits per heavy atom. The van der Waals surface area contributed by atoms with E-state index in [1.165, 1.54) is 27.3 Å². The summed E-state index contributed by atoms with van der Waals surface area (Å²) < 4.78 is 5.41. The lowest BCUT2D eigenvalue weighted by Crippen LogP contribution is -2.26. The van der Waals surface area contributed by atoms with Crippen molar-refractivity contribution < 1.29 is 9.53 Å². The van der Waals surface area contributed by atoms with Crippen molar-refractivity contribution in [1.29, 1.82) is 5.26 Å². The first-order valence-corrected chi connectivity index (χ1v) is 14.0. The van der Waals surface area contributed by atoms with E-state index in [1.54, 1.807) is 17.5 Å². The molecule has 0 unspecified atom stereocenters. The third-order valence-corrected chi connectivity index (χ3v) is 9.04. The lowest BCUT2D eigenvalue weighted by Gasteiger charge is -2.33. The highest BCUT2D eigenvalue weighted by Gasteiger charge is 2.34. The Bertz CT molecular complexity index is 1350. The van der Waals surface area contributed by atoms with E-state index in [2.05, 4.69) is 64.2 Å². The fraction of sp³-hybridized carbons (Fsp3) is 0.414. The first-order chi connectivity index (χ1) is 17.1. The van der Waals surface area contributed by atoms with Crippen LogP contribution in [0.2, 0.25) is 0 Å². The van der Waals surface area contributed by atoms with Gasteiger partial charge in [0.05, 0.1) is 17.9 Å². The Hall–Kier alpha value is -2.95. The summed E-state index contributed by atoms with van der Waals surface area (Å²) in [6.45, 7) is 13.2. The van der Waals surface area contributed by atoms with Gasteiger partial charge in [-0.1, -0.05) is 32.9 Å². The molecule has 0 spiro atoms. The largest absolute Gasteiger partial charge is 0.462 e. The number of hydrogen-bond donors (Lipinski definition) is 1. The van der Waals surface area contributed by atoms with Crippen molar-refractivity contribution in [2.24, 2.45) is 11.3 Å². The van der Waals surface area contributed by atoms with Crippen LogP contribution in [0.3, 0.4) is 0 Å². The number of anilines is 1. The zero-order valence-electron chi connectivity index (χ0n) is 21.8. The van der Waals surface area contributed by atoms with Crippen molar-refractivity contribution in [3.63, 3.8) is 0 Å². The van der Waals surface area contributed by atoms with Gasteiger partial charge in [0.2, 0.25) is 0 Å². The van der Waals surface area contributed by atoms with Gasteiger partial charge in [0.15, 0.2) is 0 Å². The van der Waals surface area contributed by atoms with E-state index in [1.807, 2.05) is 12.3 Å². The molecule has 1 aliphatic rings. The molecule has 0 radical (unpaired) electrons. The molecule has 1 N–H and O–H groups in total. The van der Waals surface area contributed by atoms with E-state index in [-0.39, 0.29) is 11.4 Å². The minimum absolute atomic E-state index is 0.214. The molecular formula is C29H33N3O2S2. The molecule has 1 atom stereocenters. The fourth-order valence-electron chi connectivity index (χ4n) is 4.56. The number of thiazole rings is 1. The van der Waals surface area contributed by atoms with Gasteiger partial charge in [0.1, 0.15) is 21.7 Å². The van der Waals surface area contributed by atoms with Crippen molar-refractivity contribution in [2.45, 2.75) is 60.8 Å². The Balaban J connectivity index is 1.64. The summed E-state index contributed by atoms with van der Waals surface area (Å²) in [6.07, 6.45) is 4.55. The van der Waals surface area contributed by atoms with Crippen molar-refractivity contribution in [2.75, 3.05) is 11.9 Å². The molecule has 0 saturated carbocycles. The predicted octanol–water partition coefficient (Wildman–Crippen LogP) is 7.79. The molecule has 0 amide bonds. The van der Waals surface area contributed by atoms with Crippen LogP contribution in [0, 0.1) is 36.5 Å². The Morgan fingerprint density at radius 1 is 1.31 bits per heavy atom. The van der Waals surface area contributed by atoms with Crippen LogP contribution in [-0.4, -0.2) is 17.6 Å². The highest BCUT2D eigenvalue weighted by Crippen LogP contribution is 2.44. The van der Waals surface area contributed by atoms with Crippen molar-refractivity contribution in [1.82, 2.24) is 4.98 Å². The molecule has 2 aromatic heterocycles. The van der Waals surface area contributed by atoms with Crippen LogP contribution in [0.5, 0.6) is 0 Å². The highest BCUT2D eigenvalue weighted by molar-refractivity contribution is 7.16. The first-order valence-electron chi connectivity index (χ1n) is 12.3. The summed E-state index contributed by atoms with van der Waals surface area (Å²) in [5, 5.41) is 16.5. The van der Waals surface area contributed by atoms with Crippen LogP contribution in [0.1, 0.15) is 71.0 Å². The molecule has 2 heterocycles. The molecule has 36 heavy (non-hydrogen) atoms. The standard InChI is InChI=1S/C29H33N3O2S2/c1-7-34-28(33)25-22-11-10-21(29(4,5)6)13-24(22)36-27(25)31-15-20(14-30)26-32-23(16-35-26)19-9-8-17(2)18(3)12-19/h8-9,12,15-16,21,31H,7,10-11,13H2,1-6H3/b20-15+/t21-/m1/s1. The summed E-state index contributed by atoms with van der Waals surface area (Å²) in [6, 6.07) is 8.54. The van der Waals surface area contributed by atoms with Gasteiger partial charge in [-0.25, -0.2) is 9.78 Å². The van der Waals surface area contributed by atoms with E-state index < -0.39 is 0 Å². The third-order valence-electron chi connectivity index (χ3n) is 6.97. The predicted molar refractivity (Wildman–Crippen MR) is 149 cm³/mol. The maximum absolute atomic E-state index is 12.9. The number of hydrogen-bond acceptors (Lipinski definition) is 7. The lowest BCUT2D eigenvalue weighted by molar-refractivity contribution is 0.0526. The summed E-state index contributed by atoms with van der Waals surface area (Å²) in [7, 11) is 0. The van der Waals surface area contributed by atoms with Gasteiger partial charge in [0, 0.05) is 22.0 Å². The number of carbonyl (C=O) groups excluding carboxylic acids is 1. The van der Waals surface area contributed by atoms with Gasteiger partial charge in [-0.3, -0.25) is 0 Å². The van der Waals surface area contributed by atoms with Crippen LogP contribution in [0.15, 0.2) is 29.8 Å². The SMILES string of the molecule is CCOC(=O)c1c(N/C=C(\C#N)c2nc(-c3ccc(C)c(C)c3)cs2)sc2c1CC[C@@H](C(C)(C)C)C2. The number of nitrogens with one attached hydrogen (secondary N) is 1. The Kier molecular flexibility index (Phi) is 7.67. The number of aryl methyl sites for hydroxylation is 2. The zero-order chi connectivity index (χ0) is 26.0. The zero-order valence-corrected chi connectivity index (χ0v) is 23.5. The minimum Gasteiger partial charge on any atom is -0.462 e. The van der Waals surface area contributed by atoms with Crippen LogP contribution >= 0.6 is 22.7 Å². The number of carbonyl (C=O) groups is 1. The molecule has 0 fully saturated rings. The summed E-state index contributed by atoms with van der Waals surface area (Å²) >= 11 is 3.05. The number of nitrogens with zero attached hydrogens (tertiary/aromatic N) is 2. The van der Waals surface area contributed by atoms with Crippen LogP contribution in [0.25, 0.3) is 16.8 Å². The second kappa shape index (κ2) is 10.6. The van der Waals surface area contributed by atoms with Crippen LogP contribution in [-0.2, 0) is 17.6 Å². The van der Waals surface area contributed by atoms with Gasteiger partial charge in [-0.15, -0.1) is 22.7 Å². The molecule has 0 bridgehead atoms. The molecule has 0 aliphatic heterocycles. The quantitative estimate of drug-likeness (QED) is 0.266. The van der Waals surface area contributed by atoms with E-state index >= 15 is 0 Å². The van der Waals surface area contributed by atoms with E-state index in [9.17, 15) is 10.1 Å². The number of rotatable bonds is 6. The topological polar surface area (TPSA) is 75.0 Å². The number of nitriles is 1. The number of ether oxygens (including phenoxy) is 1. The molecule has 4 rings (SSSR count). The second-order valence-corrected chi connectivity index (χ2v) is 12.3. The van der Waals surface area contributed by atoms with E-state index in [0.29, 0.717) is 28.7 Å². The van der Waals surface area contributed by atoms with Gasteiger partial charge >= 0.3 is 5.97 Å². The van der Waals surface area contributed by atoms with E-state index in [0.717, 1.165) is 41.1 Å². The monoisotopic (exact) mass is 519 g/mol. The molecule has 1 aliphatic carbocycles. The smallest absolute Gasteiger partial charge is 0.341 e. The number of aromatic nitrogens is 1. The maximum atomic E-state index is 12.9. The van der Waals surface area contributed by atoms with Crippen LogP contribution in [0.4, 0.5) is 5.00 Å². The number of benzene rings is 1. The number of allylic oxidation sites excluding steroid dienone is 1. The maximum Gasteiger partial charge on any atom is 0.341 e. The number of fused-ring (bicyclic) bond motifs is 1. The van der Waals surface area contributed by atoms with Gasteiger partial charge in [-0.05, 0) is 74.1 Å². The van der Waals surface area contributed by atoms with Crippen molar-refractivity contribution in [3.05, 3.63) is 61.9 Å². The van der Waals surface area contributed by atoms with Gasteiger partial charge in [-0.2, -0.15) is 5.26 Å². The van der Waals surface area contributed by atoms with Gasteiger partial charge < -0.3 is 10.1 Å². The van der Waals surface area contributed by atoms with Crippen molar-refractivity contribution in [3.8, 4) is 17.3 Å². The highest BCUT2D eigenvalue weighted by atomic mass is 32.1. The van der Waals surface area contributed by atoms with Crippen LogP contribution < -0.4 is 5.32 Å². The van der Waals surface area contributed by atoms with Crippen molar-refractivity contribution >= 4 is 39.2 Å². The molecule has 3 aromatic rings. The Morgan fingerprint density at radius 2 is 2.08 bits per heavy atom. The third kappa shape index (κ3) is 5.40. The average molecular weight is 520 g/mol. The average Bonchev–Trinajstić information content (AvgIpc) is 3.45. The number of esters is 1. The molecule has 1 aromatic carbocycles. The molecule has 188 valence electrons. The second-order valence-electron chi connectivity index (χ2n) is 10.4. The normalized spacial score (nSPS) is 15.8. The van der Waals surface area contributed by atoms with Gasteiger partial charge in [0.25, 0.3) is 0 Å². The number of thiophene rings is 1. The summed E-state index contributed by atoms with van der Waals surface area (Å²) in [4.78, 5) is 18.9. The lowest BCUT2D eigenvalue weighted by atomic mass is 9.72. The molecule has 7 heteroatoms. The minimum atomic E-state index is -0.301.